The van der Waals surface area contributed by atoms with E-state index in [4.69, 9.17) is 4.74 Å². The number of fused-ring (bicyclic) bond motifs is 2. The number of rotatable bonds is 3. The first kappa shape index (κ1) is 13.3. The van der Waals surface area contributed by atoms with Gasteiger partial charge in [-0.05, 0) is 26.7 Å². The van der Waals surface area contributed by atoms with Crippen LogP contribution in [0.1, 0.15) is 46.5 Å². The van der Waals surface area contributed by atoms with Crippen molar-refractivity contribution >= 4 is 11.9 Å². The normalized spacial score (nSPS) is 29.5. The number of nitrogens with zero attached hydrogens (tertiary/aromatic N) is 2. The van der Waals surface area contributed by atoms with Crippen LogP contribution in [0, 0.1) is 0 Å². The molecule has 2 atom stereocenters. The van der Waals surface area contributed by atoms with E-state index in [-0.39, 0.29) is 23.5 Å². The van der Waals surface area contributed by atoms with E-state index < -0.39 is 0 Å². The zero-order valence-electron chi connectivity index (χ0n) is 11.4. The van der Waals surface area contributed by atoms with Crippen LogP contribution in [0.5, 0.6) is 0 Å². The van der Waals surface area contributed by atoms with E-state index >= 15 is 0 Å². The summed E-state index contributed by atoms with van der Waals surface area (Å²) in [5.41, 5.74) is -0.138. The van der Waals surface area contributed by atoms with Crippen LogP contribution >= 0.6 is 0 Å². The van der Waals surface area contributed by atoms with E-state index in [2.05, 4.69) is 20.8 Å². The predicted octanol–water partition coefficient (Wildman–Crippen LogP) is 1.97. The molecular weight excluding hydrogens is 232 g/mol. The average molecular weight is 254 g/mol. The quantitative estimate of drug-likeness (QED) is 0.722. The van der Waals surface area contributed by atoms with Gasteiger partial charge in [-0.1, -0.05) is 13.3 Å². The van der Waals surface area contributed by atoms with Crippen LogP contribution in [-0.2, 0) is 9.53 Å². The Bertz CT molecular complexity index is 354. The predicted molar refractivity (Wildman–Crippen MR) is 66.9 cm³/mol. The molecule has 2 rings (SSSR count). The second-order valence-electron chi connectivity index (χ2n) is 5.78. The molecule has 2 bridgehead atoms. The molecule has 0 spiro atoms. The van der Waals surface area contributed by atoms with E-state index in [9.17, 15) is 9.59 Å². The van der Waals surface area contributed by atoms with E-state index in [0.29, 0.717) is 19.6 Å². The van der Waals surface area contributed by atoms with Crippen LogP contribution in [-0.4, -0.2) is 46.6 Å². The molecule has 2 unspecified atom stereocenters. The molecule has 0 radical (unpaired) electrons. The maximum atomic E-state index is 12.1. The smallest absolute Gasteiger partial charge is 0.424 e. The fraction of sp³-hybridized carbons (Fsp3) is 0.846. The van der Waals surface area contributed by atoms with E-state index in [1.807, 2.05) is 5.01 Å². The van der Waals surface area contributed by atoms with Crippen LogP contribution in [0.15, 0.2) is 0 Å². The van der Waals surface area contributed by atoms with E-state index in [0.717, 1.165) is 19.3 Å². The van der Waals surface area contributed by atoms with Crippen LogP contribution in [0.3, 0.4) is 0 Å². The van der Waals surface area contributed by atoms with Crippen molar-refractivity contribution in [1.29, 1.82) is 0 Å². The second-order valence-corrected chi connectivity index (χ2v) is 5.78. The van der Waals surface area contributed by atoms with Crippen LogP contribution < -0.4 is 0 Å². The van der Waals surface area contributed by atoms with Gasteiger partial charge in [-0.3, -0.25) is 4.79 Å². The Kier molecular flexibility index (Phi) is 3.61. The molecule has 0 saturated carbocycles. The Morgan fingerprint density at radius 1 is 1.50 bits per heavy atom. The van der Waals surface area contributed by atoms with Crippen molar-refractivity contribution in [3.8, 4) is 0 Å². The lowest BCUT2D eigenvalue weighted by Crippen LogP contribution is -2.56. The minimum absolute atomic E-state index is 0.0182. The number of Topliss-reactive ketones (excluding diaryl/α,β-unsaturated/α-hetero) is 1. The van der Waals surface area contributed by atoms with Gasteiger partial charge in [0, 0.05) is 12.0 Å². The summed E-state index contributed by atoms with van der Waals surface area (Å²) in [4.78, 5) is 23.7. The first-order chi connectivity index (χ1) is 8.45. The Morgan fingerprint density at radius 3 is 2.83 bits per heavy atom. The van der Waals surface area contributed by atoms with E-state index in [1.165, 1.54) is 0 Å². The molecule has 5 heteroatoms. The number of amides is 1. The minimum atomic E-state index is -0.300. The molecule has 0 aromatic heterocycles. The minimum Gasteiger partial charge on any atom is -0.448 e. The summed E-state index contributed by atoms with van der Waals surface area (Å²) in [5.74, 6) is 0.211. The maximum Gasteiger partial charge on any atom is 0.424 e. The molecule has 0 N–H and O–H groups in total. The molecule has 2 aliphatic rings. The van der Waals surface area contributed by atoms with Crippen molar-refractivity contribution in [3.63, 3.8) is 0 Å². The number of ketones is 1. The third kappa shape index (κ3) is 2.36. The summed E-state index contributed by atoms with van der Waals surface area (Å²) < 4.78 is 5.27. The van der Waals surface area contributed by atoms with Gasteiger partial charge in [0.15, 0.2) is 5.78 Å². The van der Waals surface area contributed by atoms with Gasteiger partial charge in [0.25, 0.3) is 0 Å². The lowest BCUT2D eigenvalue weighted by atomic mass is 9.98. The number of carbonyl (C=O) groups is 2. The summed E-state index contributed by atoms with van der Waals surface area (Å²) in [6, 6.07) is -0.0182. The van der Waals surface area contributed by atoms with Crippen molar-refractivity contribution < 1.29 is 14.3 Å². The number of unbranched alkanes of at least 4 members (excludes halogenated alkanes) is 1. The van der Waals surface area contributed by atoms with Crippen molar-refractivity contribution in [3.05, 3.63) is 0 Å². The standard InChI is InChI=1S/C13H22N2O3/c1-4-5-6-18-12(17)15-10-7-11(16)9-14(15)13(2,3)8-10/h10H,4-9H2,1-3H3. The Morgan fingerprint density at radius 2 is 2.22 bits per heavy atom. The molecule has 0 aromatic rings. The molecule has 2 aliphatic heterocycles. The first-order valence-electron chi connectivity index (χ1n) is 6.71. The maximum absolute atomic E-state index is 12.1. The molecule has 2 fully saturated rings. The number of hydrogen-bond donors (Lipinski definition) is 0. The summed E-state index contributed by atoms with van der Waals surface area (Å²) in [5, 5.41) is 3.54. The van der Waals surface area contributed by atoms with Gasteiger partial charge in [-0.15, -0.1) is 0 Å². The van der Waals surface area contributed by atoms with Crippen molar-refractivity contribution in [1.82, 2.24) is 10.0 Å². The highest BCUT2D eigenvalue weighted by atomic mass is 16.6. The molecule has 2 saturated heterocycles. The monoisotopic (exact) mass is 254 g/mol. The molecule has 1 amide bonds. The van der Waals surface area contributed by atoms with Gasteiger partial charge in [-0.25, -0.2) is 14.8 Å². The molecule has 0 aliphatic carbocycles. The molecular formula is C13H22N2O3. The zero-order chi connectivity index (χ0) is 13.3. The molecule has 5 nitrogen and oxygen atoms in total. The SMILES string of the molecule is CCCCOC(=O)N1C2CC(=O)CN1C(C)(C)C2. The highest BCUT2D eigenvalue weighted by molar-refractivity contribution is 5.84. The van der Waals surface area contributed by atoms with Gasteiger partial charge >= 0.3 is 6.09 Å². The van der Waals surface area contributed by atoms with Crippen LogP contribution in [0.25, 0.3) is 0 Å². The Balaban J connectivity index is 2.05. The number of hydrazine groups is 1. The fourth-order valence-corrected chi connectivity index (χ4v) is 2.82. The number of carbonyl (C=O) groups excluding carboxylic acids is 2. The fourth-order valence-electron chi connectivity index (χ4n) is 2.82. The summed E-state index contributed by atoms with van der Waals surface area (Å²) >= 11 is 0. The molecule has 18 heavy (non-hydrogen) atoms. The van der Waals surface area contributed by atoms with Gasteiger partial charge < -0.3 is 4.74 Å². The summed E-state index contributed by atoms with van der Waals surface area (Å²) in [6.45, 7) is 6.98. The Labute approximate surface area is 108 Å². The van der Waals surface area contributed by atoms with Crippen molar-refractivity contribution in [2.45, 2.75) is 58.0 Å². The first-order valence-corrected chi connectivity index (χ1v) is 6.71. The number of hydrogen-bond acceptors (Lipinski definition) is 4. The van der Waals surface area contributed by atoms with Crippen LogP contribution in [0.4, 0.5) is 4.79 Å². The third-order valence-electron chi connectivity index (χ3n) is 3.74. The lowest BCUT2D eigenvalue weighted by Gasteiger charge is -2.39. The van der Waals surface area contributed by atoms with Gasteiger partial charge in [0.05, 0.1) is 19.2 Å². The molecule has 2 heterocycles. The van der Waals surface area contributed by atoms with Crippen molar-refractivity contribution in [2.24, 2.45) is 0 Å². The van der Waals surface area contributed by atoms with Crippen molar-refractivity contribution in [2.75, 3.05) is 13.2 Å². The third-order valence-corrected chi connectivity index (χ3v) is 3.74. The molecule has 0 aromatic carbocycles. The average Bonchev–Trinajstić information content (AvgIpc) is 2.43. The van der Waals surface area contributed by atoms with Gasteiger partial charge in [-0.2, -0.15) is 0 Å². The second kappa shape index (κ2) is 4.88. The van der Waals surface area contributed by atoms with Crippen LogP contribution in [0.2, 0.25) is 0 Å². The Hall–Kier alpha value is -1.10. The summed E-state index contributed by atoms with van der Waals surface area (Å²) in [6.07, 6.45) is 2.88. The lowest BCUT2D eigenvalue weighted by molar-refractivity contribution is -0.135. The summed E-state index contributed by atoms with van der Waals surface area (Å²) in [7, 11) is 0. The number of ether oxygens (including phenoxy) is 1. The highest BCUT2D eigenvalue weighted by Gasteiger charge is 2.51. The highest BCUT2D eigenvalue weighted by Crippen LogP contribution is 2.38. The zero-order valence-corrected chi connectivity index (χ0v) is 11.4. The topological polar surface area (TPSA) is 49.9 Å². The van der Waals surface area contributed by atoms with E-state index in [1.54, 1.807) is 5.01 Å². The van der Waals surface area contributed by atoms with Gasteiger partial charge in [0.1, 0.15) is 0 Å². The largest absolute Gasteiger partial charge is 0.448 e. The molecule has 102 valence electrons. The van der Waals surface area contributed by atoms with Gasteiger partial charge in [0.2, 0.25) is 0 Å².